The Balaban J connectivity index is 1.52. The van der Waals surface area contributed by atoms with Gasteiger partial charge in [-0.2, -0.15) is 0 Å². The van der Waals surface area contributed by atoms with Crippen molar-refractivity contribution in [3.8, 4) is 0 Å². The van der Waals surface area contributed by atoms with Gasteiger partial charge in [0.1, 0.15) is 12.2 Å². The number of carbonyl (C=O) groups is 1. The van der Waals surface area contributed by atoms with Crippen molar-refractivity contribution in [1.29, 1.82) is 0 Å². The SMILES string of the molecule is C=C(C)OC1C=C(N(c2ccccc2)c2ccc(N(C3=CC(OC(C)=O)CC=C3)c3ccccc3)cc2)C=CC1. The highest BCUT2D eigenvalue weighted by Gasteiger charge is 2.21. The maximum absolute atomic E-state index is 11.6. The lowest BCUT2D eigenvalue weighted by Gasteiger charge is -2.31. The largest absolute Gasteiger partial charge is 0.491 e. The number of rotatable bonds is 9. The summed E-state index contributed by atoms with van der Waals surface area (Å²) in [7, 11) is 0. The maximum Gasteiger partial charge on any atom is 0.303 e. The van der Waals surface area contributed by atoms with Crippen LogP contribution in [0.15, 0.2) is 145 Å². The first-order valence-electron chi connectivity index (χ1n) is 13.5. The van der Waals surface area contributed by atoms with Crippen molar-refractivity contribution in [3.05, 3.63) is 145 Å². The molecule has 2 atom stereocenters. The standard InChI is InChI=1S/C35H34N2O3/c1-26(2)39-34-18-10-16-32(24-34)36(28-12-6-4-7-13-28)30-20-22-31(23-21-30)37(29-14-8-5-9-15-29)33-17-11-19-35(25-33)40-27(3)38/h4-17,20-25,34-35H,1,18-19H2,2-3H3. The first-order valence-corrected chi connectivity index (χ1v) is 13.5. The van der Waals surface area contributed by atoms with Gasteiger partial charge in [-0.1, -0.05) is 55.1 Å². The summed E-state index contributed by atoms with van der Waals surface area (Å²) in [5, 5.41) is 0. The lowest BCUT2D eigenvalue weighted by atomic mass is 10.1. The fraction of sp³-hybridized carbons (Fsp3) is 0.171. The summed E-state index contributed by atoms with van der Waals surface area (Å²) >= 11 is 0. The lowest BCUT2D eigenvalue weighted by Crippen LogP contribution is -2.22. The van der Waals surface area contributed by atoms with Crippen LogP contribution in [0.2, 0.25) is 0 Å². The van der Waals surface area contributed by atoms with Gasteiger partial charge in [0.15, 0.2) is 0 Å². The van der Waals surface area contributed by atoms with Gasteiger partial charge in [0.2, 0.25) is 0 Å². The van der Waals surface area contributed by atoms with Crippen LogP contribution < -0.4 is 9.80 Å². The van der Waals surface area contributed by atoms with Gasteiger partial charge in [-0.05, 0) is 79.8 Å². The minimum absolute atomic E-state index is 0.0632. The summed E-state index contributed by atoms with van der Waals surface area (Å²) in [5.74, 6) is 0.420. The molecule has 2 aliphatic carbocycles. The molecule has 2 unspecified atom stereocenters. The Labute approximate surface area is 236 Å². The molecule has 0 saturated heterocycles. The second-order valence-electron chi connectivity index (χ2n) is 9.82. The van der Waals surface area contributed by atoms with Crippen LogP contribution in [0, 0.1) is 0 Å². The van der Waals surface area contributed by atoms with Crippen LogP contribution in [0.3, 0.4) is 0 Å². The Morgan fingerprint density at radius 2 is 1.05 bits per heavy atom. The van der Waals surface area contributed by atoms with Crippen LogP contribution in [-0.2, 0) is 14.3 Å². The number of esters is 1. The van der Waals surface area contributed by atoms with E-state index in [1.54, 1.807) is 0 Å². The van der Waals surface area contributed by atoms with Crippen molar-refractivity contribution < 1.29 is 14.3 Å². The van der Waals surface area contributed by atoms with Crippen molar-refractivity contribution in [2.45, 2.75) is 38.9 Å². The highest BCUT2D eigenvalue weighted by molar-refractivity contribution is 5.76. The fourth-order valence-electron chi connectivity index (χ4n) is 5.01. The quantitative estimate of drug-likeness (QED) is 0.205. The molecule has 0 heterocycles. The number of hydrogen-bond donors (Lipinski definition) is 0. The maximum atomic E-state index is 11.6. The summed E-state index contributed by atoms with van der Waals surface area (Å²) in [6, 6.07) is 29.0. The Hall–Kier alpha value is -4.77. The molecule has 3 aromatic rings. The normalized spacial score (nSPS) is 17.9. The smallest absolute Gasteiger partial charge is 0.303 e. The Kier molecular flexibility index (Phi) is 8.31. The van der Waals surface area contributed by atoms with E-state index in [1.165, 1.54) is 6.92 Å². The monoisotopic (exact) mass is 530 g/mol. The first-order chi connectivity index (χ1) is 19.5. The Bertz CT molecular complexity index is 1340. The van der Waals surface area contributed by atoms with E-state index in [4.69, 9.17) is 9.47 Å². The average Bonchev–Trinajstić information content (AvgIpc) is 2.95. The Morgan fingerprint density at radius 1 is 0.650 bits per heavy atom. The van der Waals surface area contributed by atoms with Crippen LogP contribution in [0.4, 0.5) is 22.7 Å². The minimum Gasteiger partial charge on any atom is -0.491 e. The number of anilines is 4. The predicted octanol–water partition coefficient (Wildman–Crippen LogP) is 8.50. The molecule has 3 aromatic carbocycles. The summed E-state index contributed by atoms with van der Waals surface area (Å²) in [6.07, 6.45) is 13.7. The van der Waals surface area contributed by atoms with Crippen molar-refractivity contribution in [2.75, 3.05) is 9.80 Å². The van der Waals surface area contributed by atoms with Crippen molar-refractivity contribution in [1.82, 2.24) is 0 Å². The topological polar surface area (TPSA) is 42.0 Å². The van der Waals surface area contributed by atoms with Crippen molar-refractivity contribution in [2.24, 2.45) is 0 Å². The minimum atomic E-state index is -0.295. The molecule has 0 N–H and O–H groups in total. The van der Waals surface area contributed by atoms with Crippen molar-refractivity contribution >= 4 is 28.7 Å². The number of ether oxygens (including phenoxy) is 2. The van der Waals surface area contributed by atoms with Gasteiger partial charge in [0.25, 0.3) is 0 Å². The second kappa shape index (κ2) is 12.4. The Morgan fingerprint density at radius 3 is 1.45 bits per heavy atom. The van der Waals surface area contributed by atoms with E-state index in [0.29, 0.717) is 12.2 Å². The summed E-state index contributed by atoms with van der Waals surface area (Å²) in [5.41, 5.74) is 6.10. The summed E-state index contributed by atoms with van der Waals surface area (Å²) in [6.45, 7) is 7.24. The molecule has 5 heteroatoms. The zero-order chi connectivity index (χ0) is 27.9. The molecule has 5 nitrogen and oxygen atoms in total. The average molecular weight is 531 g/mol. The van der Waals surface area contributed by atoms with Gasteiger partial charge in [0.05, 0.1) is 5.76 Å². The van der Waals surface area contributed by atoms with Crippen LogP contribution in [0.1, 0.15) is 26.7 Å². The van der Waals surface area contributed by atoms with Gasteiger partial charge >= 0.3 is 5.97 Å². The number of carbonyl (C=O) groups excluding carboxylic acids is 1. The molecule has 2 aliphatic rings. The van der Waals surface area contributed by atoms with Gasteiger partial charge < -0.3 is 19.3 Å². The van der Waals surface area contributed by atoms with Crippen LogP contribution in [0.5, 0.6) is 0 Å². The lowest BCUT2D eigenvalue weighted by molar-refractivity contribution is -0.144. The number of hydrogen-bond acceptors (Lipinski definition) is 5. The third kappa shape index (κ3) is 6.44. The molecular weight excluding hydrogens is 496 g/mol. The molecule has 0 aromatic heterocycles. The van der Waals surface area contributed by atoms with E-state index < -0.39 is 0 Å². The highest BCUT2D eigenvalue weighted by atomic mass is 16.5. The zero-order valence-corrected chi connectivity index (χ0v) is 22.9. The van der Waals surface area contributed by atoms with Crippen LogP contribution >= 0.6 is 0 Å². The van der Waals surface area contributed by atoms with Crippen LogP contribution in [0.25, 0.3) is 0 Å². The third-order valence-corrected chi connectivity index (χ3v) is 6.61. The van der Waals surface area contributed by atoms with Crippen LogP contribution in [-0.4, -0.2) is 18.2 Å². The van der Waals surface area contributed by atoms with E-state index in [2.05, 4.69) is 95.3 Å². The van der Waals surface area contributed by atoms with E-state index in [-0.39, 0.29) is 18.2 Å². The molecular formula is C35H34N2O3. The number of allylic oxidation sites excluding steroid dienone is 3. The van der Waals surface area contributed by atoms with Crippen molar-refractivity contribution in [3.63, 3.8) is 0 Å². The molecule has 0 aliphatic heterocycles. The summed E-state index contributed by atoms with van der Waals surface area (Å²) < 4.78 is 11.5. The highest BCUT2D eigenvalue weighted by Crippen LogP contribution is 2.37. The van der Waals surface area contributed by atoms with Gasteiger partial charge in [-0.15, -0.1) is 0 Å². The first kappa shape index (κ1) is 26.8. The molecule has 0 spiro atoms. The molecule has 0 saturated carbocycles. The van der Waals surface area contributed by atoms with E-state index >= 15 is 0 Å². The predicted molar refractivity (Wildman–Crippen MR) is 163 cm³/mol. The number of para-hydroxylation sites is 2. The summed E-state index contributed by atoms with van der Waals surface area (Å²) in [4.78, 5) is 16.0. The molecule has 0 amide bonds. The molecule has 0 fully saturated rings. The van der Waals surface area contributed by atoms with E-state index in [0.717, 1.165) is 40.6 Å². The fourth-order valence-corrected chi connectivity index (χ4v) is 5.01. The van der Waals surface area contributed by atoms with E-state index in [9.17, 15) is 4.79 Å². The van der Waals surface area contributed by atoms with E-state index in [1.807, 2.05) is 49.4 Å². The number of benzene rings is 3. The van der Waals surface area contributed by atoms with Gasteiger partial charge in [0, 0.05) is 53.9 Å². The second-order valence-corrected chi connectivity index (χ2v) is 9.82. The zero-order valence-electron chi connectivity index (χ0n) is 22.9. The number of nitrogens with zero attached hydrogens (tertiary/aromatic N) is 2. The molecule has 202 valence electrons. The third-order valence-electron chi connectivity index (χ3n) is 6.61. The molecule has 0 bridgehead atoms. The molecule has 0 radical (unpaired) electrons. The van der Waals surface area contributed by atoms with Gasteiger partial charge in [-0.3, -0.25) is 4.79 Å². The molecule has 5 rings (SSSR count). The molecule has 40 heavy (non-hydrogen) atoms. The van der Waals surface area contributed by atoms with Gasteiger partial charge in [-0.25, -0.2) is 0 Å².